The van der Waals surface area contributed by atoms with Crippen LogP contribution >= 0.6 is 10.5 Å². The van der Waals surface area contributed by atoms with E-state index in [0.29, 0.717) is 16.0 Å². The molecule has 0 aliphatic carbocycles. The van der Waals surface area contributed by atoms with Crippen molar-refractivity contribution in [3.05, 3.63) is 34.7 Å². The molecular weight excluding hydrogens is 233 g/mol. The summed E-state index contributed by atoms with van der Waals surface area (Å²) in [5.41, 5.74) is -3.15. The highest BCUT2D eigenvalue weighted by Crippen LogP contribution is 2.50. The van der Waals surface area contributed by atoms with Crippen molar-refractivity contribution in [3.63, 3.8) is 0 Å². The van der Waals surface area contributed by atoms with E-state index < -0.39 is 16.0 Å². The summed E-state index contributed by atoms with van der Waals surface area (Å²) in [6.07, 6.45) is 0.455. The Balaban J connectivity index is 2.79. The molecule has 0 aliphatic heterocycles. The van der Waals surface area contributed by atoms with Gasteiger partial charge in [-0.05, 0) is 19.1 Å². The molecule has 1 heterocycles. The van der Waals surface area contributed by atoms with Gasteiger partial charge in [-0.25, -0.2) is 0 Å². The number of fused-ring (bicyclic) bond motifs is 1. The lowest BCUT2D eigenvalue weighted by molar-refractivity contribution is -0.0867. The van der Waals surface area contributed by atoms with Gasteiger partial charge in [-0.3, -0.25) is 0 Å². The van der Waals surface area contributed by atoms with Crippen LogP contribution in [0.1, 0.15) is 17.4 Å². The highest BCUT2D eigenvalue weighted by molar-refractivity contribution is 7.38. The van der Waals surface area contributed by atoms with Gasteiger partial charge in [0.05, 0.1) is 10.5 Å². The monoisotopic (exact) mass is 245 g/mol. The summed E-state index contributed by atoms with van der Waals surface area (Å²) in [5, 5.41) is 0.734. The number of alkyl halides is 3. The van der Waals surface area contributed by atoms with E-state index in [0.717, 1.165) is 10.9 Å². The Bertz CT molecular complexity index is 523. The van der Waals surface area contributed by atoms with Crippen LogP contribution in [0.4, 0.5) is 13.2 Å². The third-order valence-corrected chi connectivity index (χ3v) is 4.75. The quantitative estimate of drug-likeness (QED) is 0.624. The van der Waals surface area contributed by atoms with Crippen molar-refractivity contribution in [2.75, 3.05) is 0 Å². The highest BCUT2D eigenvalue weighted by Gasteiger charge is 2.47. The topological polar surface area (TPSA) is 0 Å². The van der Waals surface area contributed by atoms with Gasteiger partial charge in [-0.15, -0.1) is 13.2 Å². The van der Waals surface area contributed by atoms with Gasteiger partial charge in [0.1, 0.15) is 0 Å². The Morgan fingerprint density at radius 3 is 2.44 bits per heavy atom. The molecule has 16 heavy (non-hydrogen) atoms. The van der Waals surface area contributed by atoms with E-state index in [1.54, 1.807) is 25.1 Å². The minimum absolute atomic E-state index is 0.426. The summed E-state index contributed by atoms with van der Waals surface area (Å²) in [6.45, 7) is 3.67. The minimum atomic E-state index is -4.15. The molecule has 2 aromatic rings. The number of hydrogen-bond acceptors (Lipinski definition) is 0. The normalized spacial score (nSPS) is 13.4. The molecule has 1 aromatic carbocycles. The summed E-state index contributed by atoms with van der Waals surface area (Å²) >= 11 is 0. The third-order valence-electron chi connectivity index (χ3n) is 2.54. The molecule has 0 radical (unpaired) electrons. The first kappa shape index (κ1) is 11.5. The second kappa shape index (κ2) is 3.77. The predicted molar refractivity (Wildman–Crippen MR) is 61.8 cm³/mol. The summed E-state index contributed by atoms with van der Waals surface area (Å²) in [7, 11) is -1.70. The molecule has 1 atom stereocenters. The molecule has 86 valence electrons. The van der Waals surface area contributed by atoms with Gasteiger partial charge in [0.15, 0.2) is 9.58 Å². The Labute approximate surface area is 94.7 Å². The Morgan fingerprint density at radius 1 is 1.19 bits per heavy atom. The summed E-state index contributed by atoms with van der Waals surface area (Å²) in [6, 6.07) is 6.88. The van der Waals surface area contributed by atoms with Crippen molar-refractivity contribution in [2.24, 2.45) is 0 Å². The van der Waals surface area contributed by atoms with Crippen molar-refractivity contribution < 1.29 is 13.2 Å². The van der Waals surface area contributed by atoms with Crippen LogP contribution in [-0.2, 0) is 11.9 Å². The maximum Gasteiger partial charge on any atom is 0.600 e. The molecule has 0 N–H and O–H groups in total. The van der Waals surface area contributed by atoms with Crippen LogP contribution in [0.2, 0.25) is 0 Å². The molecular formula is C12H12F3S+. The molecule has 0 amide bonds. The molecule has 4 heteroatoms. The molecule has 0 nitrogen and oxygen atoms in total. The lowest BCUT2D eigenvalue weighted by atomic mass is 10.2. The molecule has 0 aliphatic rings. The van der Waals surface area contributed by atoms with Crippen molar-refractivity contribution >= 4 is 20.6 Å². The molecule has 0 fully saturated rings. The summed E-state index contributed by atoms with van der Waals surface area (Å²) in [5.74, 6) is 0. The van der Waals surface area contributed by atoms with Crippen LogP contribution in [0.15, 0.2) is 24.3 Å². The molecule has 1 unspecified atom stereocenters. The molecule has 0 spiro atoms. The Morgan fingerprint density at radius 2 is 1.88 bits per heavy atom. The van der Waals surface area contributed by atoms with E-state index in [9.17, 15) is 13.2 Å². The average Bonchev–Trinajstić information content (AvgIpc) is 2.54. The second-order valence-electron chi connectivity index (χ2n) is 3.76. The van der Waals surface area contributed by atoms with Gasteiger partial charge in [-0.2, -0.15) is 0 Å². The van der Waals surface area contributed by atoms with Gasteiger partial charge in [0.25, 0.3) is 0 Å². The fraction of sp³-hybridized carbons (Fsp3) is 0.333. The predicted octanol–water partition coefficient (Wildman–Crippen LogP) is 4.94. The minimum Gasteiger partial charge on any atom is -0.118 e. The first-order chi connectivity index (χ1) is 7.43. The Kier molecular flexibility index (Phi) is 2.70. The first-order valence-corrected chi connectivity index (χ1v) is 6.28. The van der Waals surface area contributed by atoms with Crippen LogP contribution in [0.5, 0.6) is 0 Å². The number of halogens is 3. The van der Waals surface area contributed by atoms with Gasteiger partial charge in [-0.1, -0.05) is 18.6 Å². The fourth-order valence-electron chi connectivity index (χ4n) is 1.86. The average molecular weight is 245 g/mol. The zero-order valence-electron chi connectivity index (χ0n) is 9.06. The number of benzene rings is 1. The van der Waals surface area contributed by atoms with E-state index in [2.05, 4.69) is 0 Å². The van der Waals surface area contributed by atoms with E-state index >= 15 is 0 Å². The number of hydrogen-bond donors (Lipinski definition) is 0. The zero-order valence-corrected chi connectivity index (χ0v) is 9.88. The van der Waals surface area contributed by atoms with E-state index in [1.165, 1.54) is 0 Å². The van der Waals surface area contributed by atoms with Crippen LogP contribution in [0.3, 0.4) is 0 Å². The first-order valence-electron chi connectivity index (χ1n) is 5.06. The standard InChI is InChI=1S/C12H12F3S/c1-3-10-7-9-6-8(2)4-5-11(9)16(10)12(13,14)15/h4-7H,3H2,1-2H3/q+1. The van der Waals surface area contributed by atoms with Crippen LogP contribution < -0.4 is 0 Å². The molecule has 0 saturated heterocycles. The largest absolute Gasteiger partial charge is 0.600 e. The molecule has 0 bridgehead atoms. The highest BCUT2D eigenvalue weighted by atomic mass is 32.2. The SMILES string of the molecule is CCc1cc2cc(C)ccc2[s+]1C(F)(F)F. The lowest BCUT2D eigenvalue weighted by Crippen LogP contribution is -1.97. The smallest absolute Gasteiger partial charge is 0.118 e. The van der Waals surface area contributed by atoms with Crippen molar-refractivity contribution in [2.45, 2.75) is 25.8 Å². The number of thiophene rings is 1. The van der Waals surface area contributed by atoms with Crippen LogP contribution in [-0.4, -0.2) is 0 Å². The lowest BCUT2D eigenvalue weighted by Gasteiger charge is -1.98. The number of rotatable bonds is 1. The van der Waals surface area contributed by atoms with Gasteiger partial charge >= 0.3 is 5.51 Å². The maximum absolute atomic E-state index is 12.9. The van der Waals surface area contributed by atoms with Crippen LogP contribution in [0.25, 0.3) is 10.1 Å². The molecule has 1 aromatic heterocycles. The molecule has 0 saturated carbocycles. The van der Waals surface area contributed by atoms with Crippen molar-refractivity contribution in [1.82, 2.24) is 0 Å². The summed E-state index contributed by atoms with van der Waals surface area (Å²) < 4.78 is 39.3. The van der Waals surface area contributed by atoms with Crippen molar-refractivity contribution in [3.8, 4) is 0 Å². The van der Waals surface area contributed by atoms with E-state index in [4.69, 9.17) is 0 Å². The second-order valence-corrected chi connectivity index (χ2v) is 5.80. The van der Waals surface area contributed by atoms with Crippen LogP contribution in [0, 0.1) is 6.92 Å². The number of aryl methyl sites for hydroxylation is 2. The van der Waals surface area contributed by atoms with Gasteiger partial charge in [0, 0.05) is 17.9 Å². The summed E-state index contributed by atoms with van der Waals surface area (Å²) in [4.78, 5) is 0.494. The maximum atomic E-state index is 12.9. The third kappa shape index (κ3) is 1.82. The van der Waals surface area contributed by atoms with Gasteiger partial charge in [0.2, 0.25) is 0 Å². The fourth-order valence-corrected chi connectivity index (χ4v) is 3.78. The molecule has 2 rings (SSSR count). The Hall–Kier alpha value is -1.03. The van der Waals surface area contributed by atoms with E-state index in [-0.39, 0.29) is 0 Å². The zero-order chi connectivity index (χ0) is 11.9. The van der Waals surface area contributed by atoms with E-state index in [1.807, 2.05) is 13.0 Å². The van der Waals surface area contributed by atoms with Crippen molar-refractivity contribution in [1.29, 1.82) is 0 Å². The van der Waals surface area contributed by atoms with Gasteiger partial charge < -0.3 is 0 Å².